The minimum Gasteiger partial charge on any atom is -0.462 e. The Morgan fingerprint density at radius 3 is 2.69 bits per heavy atom. The van der Waals surface area contributed by atoms with Crippen molar-refractivity contribution in [2.24, 2.45) is 0 Å². The summed E-state index contributed by atoms with van der Waals surface area (Å²) in [7, 11) is 0. The number of ether oxygens (including phenoxy) is 2. The molecule has 0 aromatic carbocycles. The SMILES string of the molecule is C=CC(=O)OCCC(C)OC(=O)O. The second kappa shape index (κ2) is 6.05. The number of hydrogen-bond acceptors (Lipinski definition) is 4. The molecule has 74 valence electrons. The van der Waals surface area contributed by atoms with E-state index in [1.807, 2.05) is 0 Å². The van der Waals surface area contributed by atoms with E-state index in [0.717, 1.165) is 6.08 Å². The van der Waals surface area contributed by atoms with Crippen LogP contribution in [0, 0.1) is 0 Å². The Balaban J connectivity index is 3.47. The summed E-state index contributed by atoms with van der Waals surface area (Å²) >= 11 is 0. The van der Waals surface area contributed by atoms with Crippen LogP contribution in [0.3, 0.4) is 0 Å². The Morgan fingerprint density at radius 2 is 2.23 bits per heavy atom. The Morgan fingerprint density at radius 1 is 1.62 bits per heavy atom. The quantitative estimate of drug-likeness (QED) is 0.518. The van der Waals surface area contributed by atoms with E-state index < -0.39 is 18.2 Å². The molecule has 0 aliphatic heterocycles. The molecule has 5 heteroatoms. The molecule has 13 heavy (non-hydrogen) atoms. The van der Waals surface area contributed by atoms with Crippen LogP contribution in [0.5, 0.6) is 0 Å². The largest absolute Gasteiger partial charge is 0.506 e. The number of rotatable bonds is 5. The van der Waals surface area contributed by atoms with Crippen molar-refractivity contribution in [2.75, 3.05) is 6.61 Å². The highest BCUT2D eigenvalue weighted by molar-refractivity contribution is 5.81. The maximum Gasteiger partial charge on any atom is 0.506 e. The van der Waals surface area contributed by atoms with Crippen molar-refractivity contribution < 1.29 is 24.2 Å². The molecular weight excluding hydrogens is 176 g/mol. The van der Waals surface area contributed by atoms with Crippen LogP contribution in [0.4, 0.5) is 4.79 Å². The van der Waals surface area contributed by atoms with E-state index >= 15 is 0 Å². The fourth-order valence-electron chi connectivity index (χ4n) is 0.615. The third-order valence-electron chi connectivity index (χ3n) is 1.24. The van der Waals surface area contributed by atoms with Crippen LogP contribution in [0.15, 0.2) is 12.7 Å². The lowest BCUT2D eigenvalue weighted by molar-refractivity contribution is -0.138. The first-order valence-electron chi connectivity index (χ1n) is 3.75. The van der Waals surface area contributed by atoms with Crippen LogP contribution < -0.4 is 0 Å². The molecule has 0 heterocycles. The molecule has 0 aliphatic rings. The fraction of sp³-hybridized carbons (Fsp3) is 0.500. The van der Waals surface area contributed by atoms with Gasteiger partial charge in [-0.25, -0.2) is 9.59 Å². The zero-order chi connectivity index (χ0) is 10.3. The first-order valence-corrected chi connectivity index (χ1v) is 3.75. The van der Waals surface area contributed by atoms with Gasteiger partial charge in [-0.15, -0.1) is 0 Å². The second-order valence-corrected chi connectivity index (χ2v) is 2.35. The summed E-state index contributed by atoms with van der Waals surface area (Å²) in [5.41, 5.74) is 0. The average molecular weight is 188 g/mol. The molecule has 0 saturated carbocycles. The summed E-state index contributed by atoms with van der Waals surface area (Å²) in [5, 5.41) is 8.19. The van der Waals surface area contributed by atoms with Crippen LogP contribution >= 0.6 is 0 Å². The molecule has 0 aromatic heterocycles. The number of hydrogen-bond donors (Lipinski definition) is 1. The highest BCUT2D eigenvalue weighted by atomic mass is 16.7. The highest BCUT2D eigenvalue weighted by Gasteiger charge is 2.07. The molecule has 0 spiro atoms. The van der Waals surface area contributed by atoms with Crippen molar-refractivity contribution in [3.05, 3.63) is 12.7 Å². The Labute approximate surface area is 75.9 Å². The Hall–Kier alpha value is -1.52. The van der Waals surface area contributed by atoms with Gasteiger partial charge in [0.1, 0.15) is 6.10 Å². The molecule has 0 bridgehead atoms. The monoisotopic (exact) mass is 188 g/mol. The van der Waals surface area contributed by atoms with E-state index in [2.05, 4.69) is 16.1 Å². The topological polar surface area (TPSA) is 72.8 Å². The molecule has 0 fully saturated rings. The zero-order valence-electron chi connectivity index (χ0n) is 7.36. The van der Waals surface area contributed by atoms with Gasteiger partial charge in [-0.2, -0.15) is 0 Å². The number of esters is 1. The van der Waals surface area contributed by atoms with Gasteiger partial charge in [-0.1, -0.05) is 6.58 Å². The van der Waals surface area contributed by atoms with E-state index in [1.165, 1.54) is 0 Å². The first kappa shape index (κ1) is 11.5. The zero-order valence-corrected chi connectivity index (χ0v) is 7.36. The van der Waals surface area contributed by atoms with Crippen molar-refractivity contribution in [1.82, 2.24) is 0 Å². The van der Waals surface area contributed by atoms with Crippen LogP contribution in [0.25, 0.3) is 0 Å². The molecule has 0 aromatic rings. The standard InChI is InChI=1S/C8H12O5/c1-3-7(9)12-5-4-6(2)13-8(10)11/h3,6H,1,4-5H2,2H3,(H,10,11). The van der Waals surface area contributed by atoms with Crippen molar-refractivity contribution in [3.63, 3.8) is 0 Å². The van der Waals surface area contributed by atoms with Gasteiger partial charge in [-0.05, 0) is 6.92 Å². The third-order valence-corrected chi connectivity index (χ3v) is 1.24. The molecule has 5 nitrogen and oxygen atoms in total. The van der Waals surface area contributed by atoms with E-state index in [1.54, 1.807) is 6.92 Å². The van der Waals surface area contributed by atoms with Crippen LogP contribution in [0.1, 0.15) is 13.3 Å². The van der Waals surface area contributed by atoms with Crippen molar-refractivity contribution in [2.45, 2.75) is 19.4 Å². The van der Waals surface area contributed by atoms with Gasteiger partial charge < -0.3 is 14.6 Å². The average Bonchev–Trinajstić information content (AvgIpc) is 2.02. The van der Waals surface area contributed by atoms with Gasteiger partial charge in [0.15, 0.2) is 0 Å². The highest BCUT2D eigenvalue weighted by Crippen LogP contribution is 1.98. The van der Waals surface area contributed by atoms with Gasteiger partial charge in [0, 0.05) is 12.5 Å². The van der Waals surface area contributed by atoms with Gasteiger partial charge >= 0.3 is 12.1 Å². The maximum absolute atomic E-state index is 10.5. The lowest BCUT2D eigenvalue weighted by Gasteiger charge is -2.09. The lowest BCUT2D eigenvalue weighted by Crippen LogP contribution is -2.16. The normalized spacial score (nSPS) is 11.5. The predicted molar refractivity (Wildman–Crippen MR) is 44.3 cm³/mol. The van der Waals surface area contributed by atoms with Gasteiger partial charge in [0.05, 0.1) is 6.61 Å². The van der Waals surface area contributed by atoms with Gasteiger partial charge in [0.25, 0.3) is 0 Å². The molecule has 0 radical (unpaired) electrons. The maximum atomic E-state index is 10.5. The summed E-state index contributed by atoms with van der Waals surface area (Å²) < 4.78 is 8.98. The molecular formula is C8H12O5. The molecule has 1 atom stereocenters. The molecule has 1 N–H and O–H groups in total. The van der Waals surface area contributed by atoms with E-state index in [0.29, 0.717) is 6.42 Å². The number of carbonyl (C=O) groups is 2. The first-order chi connectivity index (χ1) is 6.06. The fourth-order valence-corrected chi connectivity index (χ4v) is 0.615. The summed E-state index contributed by atoms with van der Waals surface area (Å²) in [6, 6.07) is 0. The van der Waals surface area contributed by atoms with Crippen LogP contribution in [-0.4, -0.2) is 29.9 Å². The van der Waals surface area contributed by atoms with Crippen molar-refractivity contribution >= 4 is 12.1 Å². The van der Waals surface area contributed by atoms with E-state index in [4.69, 9.17) is 5.11 Å². The summed E-state index contributed by atoms with van der Waals surface area (Å²) in [6.45, 7) is 4.91. The summed E-state index contributed by atoms with van der Waals surface area (Å²) in [4.78, 5) is 20.5. The van der Waals surface area contributed by atoms with Crippen molar-refractivity contribution in [1.29, 1.82) is 0 Å². The minimum atomic E-state index is -1.33. The molecule has 0 amide bonds. The predicted octanol–water partition coefficient (Wildman–Crippen LogP) is 1.19. The van der Waals surface area contributed by atoms with Crippen LogP contribution in [-0.2, 0) is 14.3 Å². The van der Waals surface area contributed by atoms with Gasteiger partial charge in [-0.3, -0.25) is 0 Å². The van der Waals surface area contributed by atoms with Gasteiger partial charge in [0.2, 0.25) is 0 Å². The third kappa shape index (κ3) is 6.86. The Kier molecular flexibility index (Phi) is 5.34. The van der Waals surface area contributed by atoms with Crippen LogP contribution in [0.2, 0.25) is 0 Å². The summed E-state index contributed by atoms with van der Waals surface area (Å²) in [6.07, 6.45) is -0.424. The lowest BCUT2D eigenvalue weighted by atomic mass is 10.3. The molecule has 0 saturated heterocycles. The molecule has 0 aliphatic carbocycles. The smallest absolute Gasteiger partial charge is 0.462 e. The second-order valence-electron chi connectivity index (χ2n) is 2.35. The van der Waals surface area contributed by atoms with Crippen molar-refractivity contribution in [3.8, 4) is 0 Å². The molecule has 1 unspecified atom stereocenters. The van der Waals surface area contributed by atoms with E-state index in [9.17, 15) is 9.59 Å². The summed E-state index contributed by atoms with van der Waals surface area (Å²) in [5.74, 6) is -0.525. The number of carbonyl (C=O) groups excluding carboxylic acids is 1. The minimum absolute atomic E-state index is 0.124. The molecule has 0 rings (SSSR count). The Bertz CT molecular complexity index is 199. The van der Waals surface area contributed by atoms with E-state index in [-0.39, 0.29) is 6.61 Å². The number of carboxylic acid groups (broad SMARTS) is 1.